The lowest BCUT2D eigenvalue weighted by atomic mass is 9.98. The van der Waals surface area contributed by atoms with Crippen molar-refractivity contribution in [3.8, 4) is 0 Å². The van der Waals surface area contributed by atoms with E-state index in [1.54, 1.807) is 0 Å². The van der Waals surface area contributed by atoms with E-state index in [9.17, 15) is 4.79 Å². The van der Waals surface area contributed by atoms with Crippen molar-refractivity contribution in [2.24, 2.45) is 5.73 Å². The molecular formula is C12H22N2O. The van der Waals surface area contributed by atoms with Gasteiger partial charge in [-0.25, -0.2) is 0 Å². The fraction of sp³-hybridized carbons (Fsp3) is 0.750. The van der Waals surface area contributed by atoms with Crippen LogP contribution in [0.2, 0.25) is 0 Å². The lowest BCUT2D eigenvalue weighted by Gasteiger charge is -2.36. The van der Waals surface area contributed by atoms with Crippen LogP contribution in [0, 0.1) is 0 Å². The molecule has 1 saturated heterocycles. The van der Waals surface area contributed by atoms with Crippen molar-refractivity contribution in [3.05, 3.63) is 11.6 Å². The average molecular weight is 210 g/mol. The van der Waals surface area contributed by atoms with Crippen molar-refractivity contribution in [2.45, 2.75) is 52.1 Å². The molecule has 0 saturated carbocycles. The topological polar surface area (TPSA) is 46.3 Å². The molecule has 1 heterocycles. The lowest BCUT2D eigenvalue weighted by Crippen LogP contribution is -2.48. The number of carbonyl (C=O) groups is 1. The van der Waals surface area contributed by atoms with E-state index in [-0.39, 0.29) is 18.0 Å². The van der Waals surface area contributed by atoms with Gasteiger partial charge in [0.15, 0.2) is 0 Å². The Hall–Kier alpha value is -0.830. The van der Waals surface area contributed by atoms with Gasteiger partial charge in [0.1, 0.15) is 0 Å². The Morgan fingerprint density at radius 3 is 2.80 bits per heavy atom. The highest BCUT2D eigenvalue weighted by atomic mass is 16.2. The number of rotatable bonds is 2. The third-order valence-electron chi connectivity index (χ3n) is 3.03. The molecule has 15 heavy (non-hydrogen) atoms. The summed E-state index contributed by atoms with van der Waals surface area (Å²) in [4.78, 5) is 14.0. The molecule has 0 aromatic rings. The molecule has 0 aromatic carbocycles. The van der Waals surface area contributed by atoms with Crippen LogP contribution in [-0.2, 0) is 4.79 Å². The SMILES string of the molecule is CC/C=C(/C)C(=O)N1CCC(N)CC1C. The molecule has 2 unspecified atom stereocenters. The van der Waals surface area contributed by atoms with E-state index >= 15 is 0 Å². The van der Waals surface area contributed by atoms with Gasteiger partial charge in [-0.1, -0.05) is 13.0 Å². The van der Waals surface area contributed by atoms with Crippen LogP contribution in [0.15, 0.2) is 11.6 Å². The highest BCUT2D eigenvalue weighted by Gasteiger charge is 2.27. The molecule has 0 spiro atoms. The molecule has 86 valence electrons. The van der Waals surface area contributed by atoms with Crippen LogP contribution in [0.25, 0.3) is 0 Å². The van der Waals surface area contributed by atoms with E-state index in [0.29, 0.717) is 0 Å². The number of carbonyl (C=O) groups excluding carboxylic acids is 1. The second-order valence-electron chi connectivity index (χ2n) is 4.43. The molecule has 1 aliphatic rings. The summed E-state index contributed by atoms with van der Waals surface area (Å²) < 4.78 is 0. The third-order valence-corrected chi connectivity index (χ3v) is 3.03. The molecule has 3 heteroatoms. The summed E-state index contributed by atoms with van der Waals surface area (Å²) in [5.41, 5.74) is 6.73. The van der Waals surface area contributed by atoms with Gasteiger partial charge < -0.3 is 10.6 Å². The van der Waals surface area contributed by atoms with E-state index in [4.69, 9.17) is 5.73 Å². The number of nitrogens with zero attached hydrogens (tertiary/aromatic N) is 1. The van der Waals surface area contributed by atoms with Crippen LogP contribution in [0.4, 0.5) is 0 Å². The number of piperidine rings is 1. The van der Waals surface area contributed by atoms with E-state index < -0.39 is 0 Å². The second-order valence-corrected chi connectivity index (χ2v) is 4.43. The zero-order valence-electron chi connectivity index (χ0n) is 9.99. The summed E-state index contributed by atoms with van der Waals surface area (Å²) in [6.07, 6.45) is 4.75. The third kappa shape index (κ3) is 3.06. The van der Waals surface area contributed by atoms with Crippen molar-refractivity contribution in [3.63, 3.8) is 0 Å². The fourth-order valence-electron chi connectivity index (χ4n) is 2.13. The van der Waals surface area contributed by atoms with Crippen LogP contribution >= 0.6 is 0 Å². The van der Waals surface area contributed by atoms with Gasteiger partial charge in [-0.05, 0) is 33.1 Å². The van der Waals surface area contributed by atoms with Crippen molar-refractivity contribution in [1.82, 2.24) is 4.90 Å². The normalized spacial score (nSPS) is 28.0. The van der Waals surface area contributed by atoms with Gasteiger partial charge in [0, 0.05) is 24.2 Å². The van der Waals surface area contributed by atoms with Crippen LogP contribution in [0.3, 0.4) is 0 Å². The Balaban J connectivity index is 2.64. The predicted molar refractivity (Wildman–Crippen MR) is 62.4 cm³/mol. The predicted octanol–water partition coefficient (Wildman–Crippen LogP) is 1.68. The van der Waals surface area contributed by atoms with Gasteiger partial charge in [-0.2, -0.15) is 0 Å². The Morgan fingerprint density at radius 2 is 2.27 bits per heavy atom. The van der Waals surface area contributed by atoms with Crippen LogP contribution in [0.1, 0.15) is 40.0 Å². The minimum absolute atomic E-state index is 0.177. The molecule has 1 fully saturated rings. The molecule has 0 aliphatic carbocycles. The number of nitrogens with two attached hydrogens (primary N) is 1. The zero-order chi connectivity index (χ0) is 11.4. The average Bonchev–Trinajstić information content (AvgIpc) is 2.17. The Bertz CT molecular complexity index is 260. The first kappa shape index (κ1) is 12.2. The van der Waals surface area contributed by atoms with Gasteiger partial charge >= 0.3 is 0 Å². The maximum Gasteiger partial charge on any atom is 0.249 e. The molecule has 2 atom stereocenters. The summed E-state index contributed by atoms with van der Waals surface area (Å²) in [6, 6.07) is 0.543. The quantitative estimate of drug-likeness (QED) is 0.705. The Morgan fingerprint density at radius 1 is 1.60 bits per heavy atom. The Labute approximate surface area is 92.3 Å². The van der Waals surface area contributed by atoms with Crippen molar-refractivity contribution in [1.29, 1.82) is 0 Å². The van der Waals surface area contributed by atoms with Crippen molar-refractivity contribution in [2.75, 3.05) is 6.54 Å². The first-order valence-corrected chi connectivity index (χ1v) is 5.79. The summed E-state index contributed by atoms with van der Waals surface area (Å²) in [5.74, 6) is 0.177. The minimum atomic E-state index is 0.177. The van der Waals surface area contributed by atoms with Crippen molar-refractivity contribution < 1.29 is 4.79 Å². The molecule has 0 bridgehead atoms. The van der Waals surface area contributed by atoms with Gasteiger partial charge in [-0.15, -0.1) is 0 Å². The smallest absolute Gasteiger partial charge is 0.249 e. The van der Waals surface area contributed by atoms with Gasteiger partial charge in [0.25, 0.3) is 0 Å². The van der Waals surface area contributed by atoms with E-state index in [2.05, 4.69) is 6.92 Å². The summed E-state index contributed by atoms with van der Waals surface area (Å²) in [7, 11) is 0. The highest BCUT2D eigenvalue weighted by molar-refractivity contribution is 5.93. The minimum Gasteiger partial charge on any atom is -0.336 e. The van der Waals surface area contributed by atoms with E-state index in [0.717, 1.165) is 31.4 Å². The number of amides is 1. The number of allylic oxidation sites excluding steroid dienone is 1. The summed E-state index contributed by atoms with van der Waals surface area (Å²) >= 11 is 0. The second kappa shape index (κ2) is 5.31. The first-order valence-electron chi connectivity index (χ1n) is 5.79. The summed E-state index contributed by atoms with van der Waals surface area (Å²) in [6.45, 7) is 6.83. The maximum absolute atomic E-state index is 12.0. The fourth-order valence-corrected chi connectivity index (χ4v) is 2.13. The molecule has 1 amide bonds. The number of hydrogen-bond acceptors (Lipinski definition) is 2. The molecule has 2 N–H and O–H groups in total. The Kier molecular flexibility index (Phi) is 4.33. The molecule has 3 nitrogen and oxygen atoms in total. The standard InChI is InChI=1S/C12H22N2O/c1-4-5-9(2)12(15)14-7-6-11(13)8-10(14)3/h5,10-11H,4,6-8,13H2,1-3H3/b9-5-. The maximum atomic E-state index is 12.0. The number of likely N-dealkylation sites (tertiary alicyclic amines) is 1. The first-order chi connectivity index (χ1) is 7.06. The highest BCUT2D eigenvalue weighted by Crippen LogP contribution is 2.18. The van der Waals surface area contributed by atoms with E-state index in [1.165, 1.54) is 0 Å². The van der Waals surface area contributed by atoms with E-state index in [1.807, 2.05) is 24.8 Å². The van der Waals surface area contributed by atoms with Crippen LogP contribution in [0.5, 0.6) is 0 Å². The molecular weight excluding hydrogens is 188 g/mol. The number of hydrogen-bond donors (Lipinski definition) is 1. The summed E-state index contributed by atoms with van der Waals surface area (Å²) in [5, 5.41) is 0. The molecule has 1 aliphatic heterocycles. The van der Waals surface area contributed by atoms with Gasteiger partial charge in [0.05, 0.1) is 0 Å². The lowest BCUT2D eigenvalue weighted by molar-refractivity contribution is -0.130. The largest absolute Gasteiger partial charge is 0.336 e. The molecule has 1 rings (SSSR count). The van der Waals surface area contributed by atoms with Crippen molar-refractivity contribution >= 4 is 5.91 Å². The zero-order valence-corrected chi connectivity index (χ0v) is 9.99. The molecule has 0 radical (unpaired) electrons. The van der Waals surface area contributed by atoms with Gasteiger partial charge in [0.2, 0.25) is 5.91 Å². The van der Waals surface area contributed by atoms with Crippen LogP contribution < -0.4 is 5.73 Å². The van der Waals surface area contributed by atoms with Gasteiger partial charge in [-0.3, -0.25) is 4.79 Å². The molecule has 0 aromatic heterocycles. The van der Waals surface area contributed by atoms with Crippen LogP contribution in [-0.4, -0.2) is 29.4 Å². The monoisotopic (exact) mass is 210 g/mol.